The first-order valence-electron chi connectivity index (χ1n) is 10.4. The van der Waals surface area contributed by atoms with Crippen molar-refractivity contribution in [3.05, 3.63) is 69.7 Å². The van der Waals surface area contributed by atoms with Crippen LogP contribution in [0.15, 0.2) is 48.5 Å². The third-order valence-corrected chi connectivity index (χ3v) is 5.96. The van der Waals surface area contributed by atoms with Crippen LogP contribution in [-0.4, -0.2) is 24.5 Å². The second-order valence-corrected chi connectivity index (χ2v) is 10.6. The standard InChI is InChI=1S/C25H34Cl2N2O/c1-17(18-7-11-20(26)12-8-18)22(19-9-13-21(27)14-10-19)15-28-23(30)25(5,6)16-29-24(2,3)4/h7-14,17,22,29H,15-16H2,1-6H3,(H,28,30). The van der Waals surface area contributed by atoms with Crippen LogP contribution in [0.3, 0.4) is 0 Å². The molecule has 0 aromatic heterocycles. The van der Waals surface area contributed by atoms with E-state index in [1.165, 1.54) is 5.56 Å². The second kappa shape index (κ2) is 10.2. The summed E-state index contributed by atoms with van der Waals surface area (Å²) >= 11 is 12.2. The predicted molar refractivity (Wildman–Crippen MR) is 129 cm³/mol. The fraction of sp³-hybridized carbons (Fsp3) is 0.480. The van der Waals surface area contributed by atoms with Crippen molar-refractivity contribution in [2.75, 3.05) is 13.1 Å². The fourth-order valence-corrected chi connectivity index (χ4v) is 3.55. The highest BCUT2D eigenvalue weighted by Crippen LogP contribution is 2.33. The van der Waals surface area contributed by atoms with E-state index in [9.17, 15) is 4.79 Å². The lowest BCUT2D eigenvalue weighted by Gasteiger charge is -2.31. The van der Waals surface area contributed by atoms with Crippen LogP contribution in [0, 0.1) is 5.41 Å². The van der Waals surface area contributed by atoms with E-state index in [-0.39, 0.29) is 23.3 Å². The van der Waals surface area contributed by atoms with Gasteiger partial charge in [-0.3, -0.25) is 4.79 Å². The van der Waals surface area contributed by atoms with Crippen molar-refractivity contribution in [2.24, 2.45) is 5.41 Å². The average Bonchev–Trinajstić information content (AvgIpc) is 2.67. The van der Waals surface area contributed by atoms with Crippen molar-refractivity contribution in [2.45, 2.75) is 58.9 Å². The molecule has 0 heterocycles. The van der Waals surface area contributed by atoms with Gasteiger partial charge >= 0.3 is 0 Å². The molecule has 2 unspecified atom stereocenters. The van der Waals surface area contributed by atoms with Crippen molar-refractivity contribution in [3.8, 4) is 0 Å². The third kappa shape index (κ3) is 7.30. The molecule has 2 N–H and O–H groups in total. The lowest BCUT2D eigenvalue weighted by atomic mass is 9.82. The minimum absolute atomic E-state index is 0.0352. The monoisotopic (exact) mass is 448 g/mol. The molecule has 0 spiro atoms. The van der Waals surface area contributed by atoms with Gasteiger partial charge in [0, 0.05) is 34.6 Å². The lowest BCUT2D eigenvalue weighted by Crippen LogP contribution is -2.49. The molecule has 1 amide bonds. The Balaban J connectivity index is 2.18. The van der Waals surface area contributed by atoms with Gasteiger partial charge in [0.25, 0.3) is 0 Å². The highest BCUT2D eigenvalue weighted by molar-refractivity contribution is 6.30. The minimum atomic E-state index is -0.513. The van der Waals surface area contributed by atoms with Crippen molar-refractivity contribution in [1.82, 2.24) is 10.6 Å². The third-order valence-electron chi connectivity index (χ3n) is 5.46. The molecule has 0 aliphatic carbocycles. The summed E-state index contributed by atoms with van der Waals surface area (Å²) in [7, 11) is 0. The second-order valence-electron chi connectivity index (χ2n) is 9.70. The van der Waals surface area contributed by atoms with Crippen molar-refractivity contribution in [3.63, 3.8) is 0 Å². The van der Waals surface area contributed by atoms with Gasteiger partial charge in [-0.05, 0) is 75.9 Å². The zero-order valence-electron chi connectivity index (χ0n) is 18.9. The Kier molecular flexibility index (Phi) is 8.38. The van der Waals surface area contributed by atoms with E-state index in [2.05, 4.69) is 50.5 Å². The molecular formula is C25H34Cl2N2O. The molecule has 30 heavy (non-hydrogen) atoms. The van der Waals surface area contributed by atoms with Crippen LogP contribution in [0.1, 0.15) is 64.5 Å². The summed E-state index contributed by atoms with van der Waals surface area (Å²) in [6.45, 7) is 13.6. The van der Waals surface area contributed by atoms with Crippen LogP contribution < -0.4 is 10.6 Å². The summed E-state index contributed by atoms with van der Waals surface area (Å²) in [5.74, 6) is 0.347. The maximum Gasteiger partial charge on any atom is 0.226 e. The van der Waals surface area contributed by atoms with Gasteiger partial charge in [0.15, 0.2) is 0 Å². The number of benzene rings is 2. The zero-order valence-corrected chi connectivity index (χ0v) is 20.4. The molecule has 0 radical (unpaired) electrons. The lowest BCUT2D eigenvalue weighted by molar-refractivity contribution is -0.129. The van der Waals surface area contributed by atoms with Crippen molar-refractivity contribution >= 4 is 29.1 Å². The molecule has 2 rings (SSSR count). The van der Waals surface area contributed by atoms with E-state index in [0.29, 0.717) is 18.1 Å². The zero-order chi connectivity index (χ0) is 22.5. The van der Waals surface area contributed by atoms with Gasteiger partial charge in [0.1, 0.15) is 0 Å². The minimum Gasteiger partial charge on any atom is -0.355 e. The Morgan fingerprint density at radius 2 is 1.33 bits per heavy atom. The number of amides is 1. The summed E-state index contributed by atoms with van der Waals surface area (Å²) in [4.78, 5) is 13.0. The van der Waals surface area contributed by atoms with Gasteiger partial charge in [0.05, 0.1) is 5.41 Å². The summed E-state index contributed by atoms with van der Waals surface area (Å²) in [5.41, 5.74) is 1.78. The first kappa shape index (κ1) is 24.7. The van der Waals surface area contributed by atoms with Crippen molar-refractivity contribution < 1.29 is 4.79 Å². The van der Waals surface area contributed by atoms with Gasteiger partial charge < -0.3 is 10.6 Å². The quantitative estimate of drug-likeness (QED) is 0.489. The normalized spacial score (nSPS) is 14.3. The van der Waals surface area contributed by atoms with E-state index >= 15 is 0 Å². The van der Waals surface area contributed by atoms with E-state index < -0.39 is 5.41 Å². The first-order valence-corrected chi connectivity index (χ1v) is 11.2. The number of hydrogen-bond acceptors (Lipinski definition) is 2. The molecule has 5 heteroatoms. The molecule has 0 saturated heterocycles. The van der Waals surface area contributed by atoms with Crippen LogP contribution >= 0.6 is 23.2 Å². The van der Waals surface area contributed by atoms with E-state index in [1.54, 1.807) is 0 Å². The molecule has 0 fully saturated rings. The van der Waals surface area contributed by atoms with Crippen molar-refractivity contribution in [1.29, 1.82) is 0 Å². The summed E-state index contributed by atoms with van der Waals surface area (Å²) in [6.07, 6.45) is 0. The van der Waals surface area contributed by atoms with E-state index in [1.807, 2.05) is 50.2 Å². The number of nitrogens with one attached hydrogen (secondary N) is 2. The molecule has 0 aliphatic heterocycles. The molecule has 2 aromatic carbocycles. The summed E-state index contributed by atoms with van der Waals surface area (Å²) in [5, 5.41) is 8.05. The first-order chi connectivity index (χ1) is 13.9. The Hall–Kier alpha value is -1.55. The number of carbonyl (C=O) groups excluding carboxylic acids is 1. The van der Waals surface area contributed by atoms with Crippen LogP contribution in [-0.2, 0) is 4.79 Å². The number of carbonyl (C=O) groups is 1. The molecular weight excluding hydrogens is 415 g/mol. The SMILES string of the molecule is CC(c1ccc(Cl)cc1)C(CNC(=O)C(C)(C)CNC(C)(C)C)c1ccc(Cl)cc1. The Morgan fingerprint density at radius 1 is 0.867 bits per heavy atom. The highest BCUT2D eigenvalue weighted by Gasteiger charge is 2.30. The predicted octanol–water partition coefficient (Wildman–Crippen LogP) is 6.41. The topological polar surface area (TPSA) is 41.1 Å². The van der Waals surface area contributed by atoms with Gasteiger partial charge in [-0.1, -0.05) is 54.4 Å². The molecule has 3 nitrogen and oxygen atoms in total. The number of rotatable bonds is 8. The largest absolute Gasteiger partial charge is 0.355 e. The van der Waals surface area contributed by atoms with Gasteiger partial charge in [-0.15, -0.1) is 0 Å². The molecule has 0 aliphatic rings. The molecule has 164 valence electrons. The van der Waals surface area contributed by atoms with Gasteiger partial charge in [-0.25, -0.2) is 0 Å². The fourth-order valence-electron chi connectivity index (χ4n) is 3.30. The van der Waals surface area contributed by atoms with Crippen LogP contribution in [0.5, 0.6) is 0 Å². The smallest absolute Gasteiger partial charge is 0.226 e. The molecule has 0 bridgehead atoms. The van der Waals surface area contributed by atoms with Crippen LogP contribution in [0.2, 0.25) is 10.0 Å². The Morgan fingerprint density at radius 3 is 1.80 bits per heavy atom. The van der Waals surface area contributed by atoms with E-state index in [4.69, 9.17) is 23.2 Å². The highest BCUT2D eigenvalue weighted by atomic mass is 35.5. The Labute approximate surface area is 191 Å². The molecule has 2 atom stereocenters. The number of halogens is 2. The van der Waals surface area contributed by atoms with Crippen LogP contribution in [0.25, 0.3) is 0 Å². The van der Waals surface area contributed by atoms with E-state index in [0.717, 1.165) is 10.6 Å². The maximum atomic E-state index is 13.0. The summed E-state index contributed by atoms with van der Waals surface area (Å²) in [6, 6.07) is 15.8. The maximum absolute atomic E-state index is 13.0. The Bertz CT molecular complexity index is 824. The van der Waals surface area contributed by atoms with Gasteiger partial charge in [0.2, 0.25) is 5.91 Å². The van der Waals surface area contributed by atoms with Gasteiger partial charge in [-0.2, -0.15) is 0 Å². The molecule has 0 saturated carbocycles. The summed E-state index contributed by atoms with van der Waals surface area (Å²) < 4.78 is 0. The van der Waals surface area contributed by atoms with Crippen LogP contribution in [0.4, 0.5) is 0 Å². The molecule has 2 aromatic rings. The number of hydrogen-bond donors (Lipinski definition) is 2. The average molecular weight is 449 g/mol.